The van der Waals surface area contributed by atoms with E-state index in [9.17, 15) is 9.18 Å². The van der Waals surface area contributed by atoms with E-state index < -0.39 is 0 Å². The number of halogens is 1. The first-order chi connectivity index (χ1) is 12.2. The summed E-state index contributed by atoms with van der Waals surface area (Å²) in [5, 5.41) is 0. The van der Waals surface area contributed by atoms with Crippen LogP contribution in [-0.2, 0) is 4.74 Å². The van der Waals surface area contributed by atoms with Gasteiger partial charge in [-0.3, -0.25) is 4.79 Å². The monoisotopic (exact) mass is 342 g/mol. The molecule has 0 aliphatic carbocycles. The van der Waals surface area contributed by atoms with Crippen LogP contribution in [0.25, 0.3) is 0 Å². The summed E-state index contributed by atoms with van der Waals surface area (Å²) in [6.45, 7) is 1.18. The number of nitrogens with zero attached hydrogens (tertiary/aromatic N) is 2. The number of likely N-dealkylation sites (tertiary alicyclic amines) is 1. The first-order valence-electron chi connectivity index (χ1n) is 8.48. The molecule has 0 bridgehead atoms. The number of carbonyl (C=O) groups is 1. The van der Waals surface area contributed by atoms with Gasteiger partial charge in [-0.05, 0) is 36.8 Å². The van der Waals surface area contributed by atoms with Gasteiger partial charge in [0.2, 0.25) is 5.88 Å². The summed E-state index contributed by atoms with van der Waals surface area (Å²) >= 11 is 0. The number of carbonyl (C=O) groups excluding carboxylic acids is 1. The second kappa shape index (κ2) is 6.80. The van der Waals surface area contributed by atoms with Crippen LogP contribution in [0.1, 0.15) is 23.2 Å². The molecule has 1 aromatic carbocycles. The van der Waals surface area contributed by atoms with E-state index in [0.717, 1.165) is 6.42 Å². The van der Waals surface area contributed by atoms with Crippen molar-refractivity contribution < 1.29 is 18.7 Å². The highest BCUT2D eigenvalue weighted by Crippen LogP contribution is 2.31. The molecule has 0 saturated carbocycles. The highest BCUT2D eigenvalue weighted by molar-refractivity contribution is 5.94. The van der Waals surface area contributed by atoms with E-state index in [1.807, 2.05) is 23.1 Å². The molecule has 130 valence electrons. The molecule has 2 fully saturated rings. The van der Waals surface area contributed by atoms with Crippen LogP contribution < -0.4 is 4.74 Å². The van der Waals surface area contributed by atoms with Gasteiger partial charge in [0.15, 0.2) is 0 Å². The first-order valence-corrected chi connectivity index (χ1v) is 8.48. The minimum atomic E-state index is -0.346. The van der Waals surface area contributed by atoms with Crippen LogP contribution in [0.4, 0.5) is 4.39 Å². The van der Waals surface area contributed by atoms with Crippen LogP contribution >= 0.6 is 0 Å². The van der Waals surface area contributed by atoms with E-state index in [2.05, 4.69) is 4.98 Å². The van der Waals surface area contributed by atoms with Crippen LogP contribution in [0, 0.1) is 5.82 Å². The maximum Gasteiger partial charge on any atom is 0.254 e. The van der Waals surface area contributed by atoms with Crippen molar-refractivity contribution in [2.24, 2.45) is 0 Å². The largest absolute Gasteiger partial charge is 0.471 e. The van der Waals surface area contributed by atoms with Crippen molar-refractivity contribution in [1.82, 2.24) is 9.88 Å². The fourth-order valence-corrected chi connectivity index (χ4v) is 3.59. The van der Waals surface area contributed by atoms with E-state index in [1.54, 1.807) is 6.20 Å². The number of benzene rings is 1. The van der Waals surface area contributed by atoms with Gasteiger partial charge in [0.25, 0.3) is 5.91 Å². The maximum absolute atomic E-state index is 13.1. The van der Waals surface area contributed by atoms with E-state index in [1.165, 1.54) is 24.3 Å². The lowest BCUT2D eigenvalue weighted by molar-refractivity contribution is -0.0476. The molecule has 0 N–H and O–H groups in total. The van der Waals surface area contributed by atoms with Gasteiger partial charge in [0.05, 0.1) is 6.04 Å². The Labute approximate surface area is 145 Å². The fraction of sp³-hybridized carbons (Fsp3) is 0.368. The van der Waals surface area contributed by atoms with Crippen LogP contribution in [0.3, 0.4) is 0 Å². The van der Waals surface area contributed by atoms with Crippen molar-refractivity contribution in [1.29, 1.82) is 0 Å². The minimum absolute atomic E-state index is 0.0278. The number of piperidine rings is 1. The van der Waals surface area contributed by atoms with Crippen molar-refractivity contribution in [3.63, 3.8) is 0 Å². The summed E-state index contributed by atoms with van der Waals surface area (Å²) in [7, 11) is 0. The van der Waals surface area contributed by atoms with Gasteiger partial charge >= 0.3 is 0 Å². The van der Waals surface area contributed by atoms with Crippen LogP contribution in [0.5, 0.6) is 5.88 Å². The Morgan fingerprint density at radius 2 is 2.04 bits per heavy atom. The van der Waals surface area contributed by atoms with Crippen molar-refractivity contribution in [3.8, 4) is 5.88 Å². The third-order valence-corrected chi connectivity index (χ3v) is 4.79. The molecule has 2 aromatic rings. The molecule has 2 aliphatic heterocycles. The lowest BCUT2D eigenvalue weighted by Gasteiger charge is -2.40. The number of hydrogen-bond acceptors (Lipinski definition) is 4. The molecule has 5 nitrogen and oxygen atoms in total. The van der Waals surface area contributed by atoms with E-state index >= 15 is 0 Å². The smallest absolute Gasteiger partial charge is 0.254 e. The Hall–Kier alpha value is -2.47. The van der Waals surface area contributed by atoms with E-state index in [4.69, 9.17) is 9.47 Å². The number of fused-ring (bicyclic) bond motifs is 1. The zero-order chi connectivity index (χ0) is 17.2. The summed E-state index contributed by atoms with van der Waals surface area (Å²) in [4.78, 5) is 18.9. The first kappa shape index (κ1) is 16.0. The molecular weight excluding hydrogens is 323 g/mol. The van der Waals surface area contributed by atoms with Crippen LogP contribution in [-0.4, -0.2) is 47.2 Å². The van der Waals surface area contributed by atoms with Crippen molar-refractivity contribution in [2.75, 3.05) is 13.2 Å². The molecule has 3 heterocycles. The Morgan fingerprint density at radius 1 is 1.20 bits per heavy atom. The Bertz CT molecular complexity index is 738. The molecule has 1 amide bonds. The molecule has 3 atom stereocenters. The minimum Gasteiger partial charge on any atom is -0.471 e. The van der Waals surface area contributed by atoms with Gasteiger partial charge in [-0.1, -0.05) is 6.07 Å². The van der Waals surface area contributed by atoms with Crippen LogP contribution in [0.2, 0.25) is 0 Å². The summed E-state index contributed by atoms with van der Waals surface area (Å²) in [5.41, 5.74) is 0.496. The summed E-state index contributed by atoms with van der Waals surface area (Å²) < 4.78 is 25.0. The Balaban J connectivity index is 1.50. The van der Waals surface area contributed by atoms with Gasteiger partial charge in [-0.25, -0.2) is 9.37 Å². The van der Waals surface area contributed by atoms with Gasteiger partial charge < -0.3 is 14.4 Å². The second-order valence-electron chi connectivity index (χ2n) is 6.31. The summed E-state index contributed by atoms with van der Waals surface area (Å²) in [5.74, 6) is 0.137. The third-order valence-electron chi connectivity index (χ3n) is 4.79. The zero-order valence-electron chi connectivity index (χ0n) is 13.7. The molecule has 0 radical (unpaired) electrons. The van der Waals surface area contributed by atoms with Gasteiger partial charge in [0, 0.05) is 37.4 Å². The molecule has 4 rings (SSSR count). The van der Waals surface area contributed by atoms with Crippen molar-refractivity contribution >= 4 is 5.91 Å². The Morgan fingerprint density at radius 3 is 2.80 bits per heavy atom. The molecule has 6 heteroatoms. The maximum atomic E-state index is 13.1. The third kappa shape index (κ3) is 3.22. The predicted molar refractivity (Wildman–Crippen MR) is 88.9 cm³/mol. The number of hydrogen-bond donors (Lipinski definition) is 0. The normalized spacial score (nSPS) is 25.5. The molecule has 0 spiro atoms. The van der Waals surface area contributed by atoms with E-state index in [-0.39, 0.29) is 30.0 Å². The van der Waals surface area contributed by atoms with Gasteiger partial charge in [-0.2, -0.15) is 0 Å². The molecule has 25 heavy (non-hydrogen) atoms. The Kier molecular flexibility index (Phi) is 4.36. The lowest BCUT2D eigenvalue weighted by atomic mass is 9.94. The topological polar surface area (TPSA) is 51.7 Å². The molecular formula is C19H19FN2O3. The molecule has 2 aliphatic rings. The highest BCUT2D eigenvalue weighted by atomic mass is 19.1. The average molecular weight is 342 g/mol. The second-order valence-corrected chi connectivity index (χ2v) is 6.31. The van der Waals surface area contributed by atoms with Crippen LogP contribution in [0.15, 0.2) is 48.7 Å². The molecule has 2 saturated heterocycles. The quantitative estimate of drug-likeness (QED) is 0.861. The summed E-state index contributed by atoms with van der Waals surface area (Å²) in [6, 6.07) is 11.2. The predicted octanol–water partition coefficient (Wildman–Crippen LogP) is 2.67. The van der Waals surface area contributed by atoms with Gasteiger partial charge in [-0.15, -0.1) is 0 Å². The summed E-state index contributed by atoms with van der Waals surface area (Å²) in [6.07, 6.45) is 2.85. The average Bonchev–Trinajstić information content (AvgIpc) is 3.13. The van der Waals surface area contributed by atoms with E-state index in [0.29, 0.717) is 31.0 Å². The molecule has 0 unspecified atom stereocenters. The fourth-order valence-electron chi connectivity index (χ4n) is 3.59. The van der Waals surface area contributed by atoms with Gasteiger partial charge in [0.1, 0.15) is 18.0 Å². The number of aromatic nitrogens is 1. The van der Waals surface area contributed by atoms with Crippen molar-refractivity contribution in [2.45, 2.75) is 31.1 Å². The molecule has 1 aromatic heterocycles. The van der Waals surface area contributed by atoms with Crippen molar-refractivity contribution in [3.05, 3.63) is 60.0 Å². The number of pyridine rings is 1. The lowest BCUT2D eigenvalue weighted by Crippen LogP contribution is -2.56. The number of ether oxygens (including phenoxy) is 2. The zero-order valence-corrected chi connectivity index (χ0v) is 13.7. The number of rotatable bonds is 3. The number of amides is 1. The highest BCUT2D eigenvalue weighted by Gasteiger charge is 2.45. The standard InChI is InChI=1S/C19H19FN2O3/c20-14-6-4-13(5-7-14)19(23)22-11-8-16(18-15(22)9-12-24-18)25-17-3-1-2-10-21-17/h1-7,10,15-16,18H,8-9,11-12H2/t15-,16+,18-/m0/s1. The SMILES string of the molecule is O=C(c1ccc(F)cc1)N1CC[C@@H](Oc2ccccn2)[C@H]2OCC[C@@H]21.